The van der Waals surface area contributed by atoms with Crippen molar-refractivity contribution in [3.63, 3.8) is 0 Å². The van der Waals surface area contributed by atoms with Crippen molar-refractivity contribution >= 4 is 15.7 Å². The van der Waals surface area contributed by atoms with Gasteiger partial charge in [-0.3, -0.25) is 4.79 Å². The summed E-state index contributed by atoms with van der Waals surface area (Å²) in [7, 11) is -3.24. The second-order valence-electron chi connectivity index (χ2n) is 5.23. The molecule has 1 atom stereocenters. The molecule has 0 saturated carbocycles. The Balaban J connectivity index is 2.13. The van der Waals surface area contributed by atoms with Crippen molar-refractivity contribution in [2.75, 3.05) is 6.26 Å². The fourth-order valence-corrected chi connectivity index (χ4v) is 2.73. The zero-order valence-corrected chi connectivity index (χ0v) is 13.6. The van der Waals surface area contributed by atoms with E-state index in [1.54, 1.807) is 30.3 Å². The lowest BCUT2D eigenvalue weighted by Crippen LogP contribution is -2.26. The minimum atomic E-state index is -3.24. The summed E-state index contributed by atoms with van der Waals surface area (Å²) in [6, 6.07) is 14.5. The first kappa shape index (κ1) is 16.7. The molecule has 0 aliphatic heterocycles. The molecule has 1 unspecified atom stereocenters. The topological polar surface area (TPSA) is 87.0 Å². The van der Waals surface area contributed by atoms with Gasteiger partial charge in [0.25, 0.3) is 5.91 Å². The van der Waals surface area contributed by atoms with Crippen LogP contribution >= 0.6 is 0 Å². The summed E-state index contributed by atoms with van der Waals surface area (Å²) in [5, 5.41) is 11.7. The van der Waals surface area contributed by atoms with E-state index in [0.29, 0.717) is 11.1 Å². The lowest BCUT2D eigenvalue weighted by atomic mass is 10.1. The van der Waals surface area contributed by atoms with Crippen molar-refractivity contribution in [3.05, 3.63) is 65.2 Å². The molecule has 0 bridgehead atoms. The van der Waals surface area contributed by atoms with Crippen molar-refractivity contribution in [1.29, 1.82) is 5.26 Å². The Labute approximate surface area is 135 Å². The van der Waals surface area contributed by atoms with Gasteiger partial charge in [0.05, 0.1) is 22.6 Å². The second-order valence-corrected chi connectivity index (χ2v) is 7.24. The van der Waals surface area contributed by atoms with Crippen LogP contribution in [0.1, 0.15) is 34.5 Å². The average Bonchev–Trinajstić information content (AvgIpc) is 2.54. The summed E-state index contributed by atoms with van der Waals surface area (Å²) < 4.78 is 22.9. The molecule has 0 heterocycles. The van der Waals surface area contributed by atoms with E-state index in [4.69, 9.17) is 5.26 Å². The molecule has 2 rings (SSSR count). The van der Waals surface area contributed by atoms with E-state index < -0.39 is 9.84 Å². The van der Waals surface area contributed by atoms with Gasteiger partial charge in [0.1, 0.15) is 0 Å². The minimum absolute atomic E-state index is 0.237. The highest BCUT2D eigenvalue weighted by atomic mass is 32.2. The van der Waals surface area contributed by atoms with Crippen LogP contribution in [-0.4, -0.2) is 20.6 Å². The van der Waals surface area contributed by atoms with Gasteiger partial charge in [-0.15, -0.1) is 0 Å². The fourth-order valence-electron chi connectivity index (χ4n) is 2.10. The minimum Gasteiger partial charge on any atom is -0.346 e. The van der Waals surface area contributed by atoms with Gasteiger partial charge in [0, 0.05) is 11.8 Å². The lowest BCUT2D eigenvalue weighted by molar-refractivity contribution is 0.0940. The average molecular weight is 328 g/mol. The van der Waals surface area contributed by atoms with E-state index in [1.165, 1.54) is 18.2 Å². The lowest BCUT2D eigenvalue weighted by Gasteiger charge is -2.15. The number of hydrogen-bond donors (Lipinski definition) is 1. The van der Waals surface area contributed by atoms with Gasteiger partial charge >= 0.3 is 0 Å². The number of nitrogens with zero attached hydrogens (tertiary/aromatic N) is 1. The molecule has 0 aromatic heterocycles. The molecule has 1 N–H and O–H groups in total. The summed E-state index contributed by atoms with van der Waals surface area (Å²) in [5.41, 5.74) is 1.62. The second kappa shape index (κ2) is 6.63. The zero-order chi connectivity index (χ0) is 17.0. The van der Waals surface area contributed by atoms with Gasteiger partial charge in [-0.2, -0.15) is 5.26 Å². The molecule has 0 radical (unpaired) electrons. The van der Waals surface area contributed by atoms with Crippen LogP contribution in [0.5, 0.6) is 0 Å². The maximum absolute atomic E-state index is 12.2. The number of benzene rings is 2. The van der Waals surface area contributed by atoms with E-state index >= 15 is 0 Å². The molecule has 0 aliphatic carbocycles. The third-order valence-corrected chi connectivity index (χ3v) is 4.54. The summed E-state index contributed by atoms with van der Waals surface area (Å²) in [6.45, 7) is 1.81. The monoisotopic (exact) mass is 328 g/mol. The fraction of sp³-hybridized carbons (Fsp3) is 0.176. The summed E-state index contributed by atoms with van der Waals surface area (Å²) in [6.07, 6.45) is 1.15. The molecule has 2 aromatic carbocycles. The van der Waals surface area contributed by atoms with Crippen LogP contribution in [0.15, 0.2) is 53.4 Å². The molecular weight excluding hydrogens is 312 g/mol. The van der Waals surface area contributed by atoms with Gasteiger partial charge < -0.3 is 5.32 Å². The SMILES string of the molecule is CC(NC(=O)c1cccc(C#N)c1)c1ccc(S(C)(=O)=O)cc1. The molecule has 6 heteroatoms. The van der Waals surface area contributed by atoms with Crippen molar-refractivity contribution in [2.45, 2.75) is 17.9 Å². The van der Waals surface area contributed by atoms with Crippen LogP contribution < -0.4 is 5.32 Å². The summed E-state index contributed by atoms with van der Waals surface area (Å²) >= 11 is 0. The molecule has 5 nitrogen and oxygen atoms in total. The number of carbonyl (C=O) groups is 1. The number of nitrogens with one attached hydrogen (secondary N) is 1. The Bertz CT molecular complexity index is 865. The maximum atomic E-state index is 12.2. The van der Waals surface area contributed by atoms with Crippen LogP contribution in [0.25, 0.3) is 0 Å². The maximum Gasteiger partial charge on any atom is 0.251 e. The molecule has 0 spiro atoms. The van der Waals surface area contributed by atoms with Gasteiger partial charge in [0.2, 0.25) is 0 Å². The predicted molar refractivity (Wildman–Crippen MR) is 86.6 cm³/mol. The molecule has 23 heavy (non-hydrogen) atoms. The van der Waals surface area contributed by atoms with E-state index in [9.17, 15) is 13.2 Å². The Hall–Kier alpha value is -2.65. The van der Waals surface area contributed by atoms with E-state index in [1.807, 2.05) is 13.0 Å². The van der Waals surface area contributed by atoms with Crippen molar-refractivity contribution < 1.29 is 13.2 Å². The molecule has 0 fully saturated rings. The van der Waals surface area contributed by atoms with Gasteiger partial charge in [-0.25, -0.2) is 8.42 Å². The number of nitriles is 1. The standard InChI is InChI=1S/C17H16N2O3S/c1-12(14-6-8-16(9-7-14)23(2,21)22)19-17(20)15-5-3-4-13(10-15)11-18/h3-10,12H,1-2H3,(H,19,20). The largest absolute Gasteiger partial charge is 0.346 e. The molecule has 0 aliphatic rings. The zero-order valence-electron chi connectivity index (χ0n) is 12.8. The highest BCUT2D eigenvalue weighted by Gasteiger charge is 2.13. The van der Waals surface area contributed by atoms with Crippen molar-refractivity contribution in [3.8, 4) is 6.07 Å². The number of hydrogen-bond acceptors (Lipinski definition) is 4. The Morgan fingerprint density at radius 3 is 2.39 bits per heavy atom. The normalized spacial score (nSPS) is 12.2. The first-order valence-corrected chi connectivity index (χ1v) is 8.81. The quantitative estimate of drug-likeness (QED) is 0.934. The van der Waals surface area contributed by atoms with Crippen LogP contribution in [0, 0.1) is 11.3 Å². The Morgan fingerprint density at radius 1 is 1.17 bits per heavy atom. The number of rotatable bonds is 4. The Kier molecular flexibility index (Phi) is 4.82. The van der Waals surface area contributed by atoms with E-state index in [0.717, 1.165) is 11.8 Å². The van der Waals surface area contributed by atoms with E-state index in [-0.39, 0.29) is 16.8 Å². The third-order valence-electron chi connectivity index (χ3n) is 3.41. The molecular formula is C17H16N2O3S. The molecule has 2 aromatic rings. The highest BCUT2D eigenvalue weighted by molar-refractivity contribution is 7.90. The van der Waals surface area contributed by atoms with Gasteiger partial charge in [0.15, 0.2) is 9.84 Å². The Morgan fingerprint density at radius 2 is 1.83 bits per heavy atom. The predicted octanol–water partition coefficient (Wildman–Crippen LogP) is 2.45. The van der Waals surface area contributed by atoms with Gasteiger partial charge in [-0.1, -0.05) is 18.2 Å². The van der Waals surface area contributed by atoms with Crippen LogP contribution in [0.4, 0.5) is 0 Å². The summed E-state index contributed by atoms with van der Waals surface area (Å²) in [5.74, 6) is -0.290. The van der Waals surface area contributed by atoms with Crippen LogP contribution in [0.3, 0.4) is 0 Å². The summed E-state index contributed by atoms with van der Waals surface area (Å²) in [4.78, 5) is 12.4. The molecule has 118 valence electrons. The molecule has 0 saturated heterocycles. The number of carbonyl (C=O) groups excluding carboxylic acids is 1. The number of sulfone groups is 1. The highest BCUT2D eigenvalue weighted by Crippen LogP contribution is 2.17. The first-order chi connectivity index (χ1) is 10.8. The van der Waals surface area contributed by atoms with Gasteiger partial charge in [-0.05, 0) is 42.8 Å². The first-order valence-electron chi connectivity index (χ1n) is 6.92. The van der Waals surface area contributed by atoms with Crippen LogP contribution in [-0.2, 0) is 9.84 Å². The third kappa shape index (κ3) is 4.18. The van der Waals surface area contributed by atoms with Crippen molar-refractivity contribution in [1.82, 2.24) is 5.32 Å². The number of amides is 1. The molecule has 1 amide bonds. The van der Waals surface area contributed by atoms with Crippen molar-refractivity contribution in [2.24, 2.45) is 0 Å². The van der Waals surface area contributed by atoms with E-state index in [2.05, 4.69) is 5.32 Å². The van der Waals surface area contributed by atoms with Crippen LogP contribution in [0.2, 0.25) is 0 Å². The smallest absolute Gasteiger partial charge is 0.251 e.